The fourth-order valence-corrected chi connectivity index (χ4v) is 0.723. The molecule has 1 unspecified atom stereocenters. The minimum absolute atomic E-state index is 0.0833. The Balaban J connectivity index is -0.000000197. The number of aliphatic hydroxyl groups is 2. The minimum Gasteiger partial charge on any atom is -0.481 e. The van der Waals surface area contributed by atoms with E-state index in [1.54, 1.807) is 20.8 Å². The van der Waals surface area contributed by atoms with Crippen molar-refractivity contribution in [3.63, 3.8) is 0 Å². The number of hydrogen-bond acceptors (Lipinski definition) is 6. The number of carboxylic acid groups (broad SMARTS) is 2. The summed E-state index contributed by atoms with van der Waals surface area (Å²) in [6, 6.07) is 0. The van der Waals surface area contributed by atoms with Crippen molar-refractivity contribution >= 4 is 37.2 Å². The molecule has 18 heavy (non-hydrogen) atoms. The summed E-state index contributed by atoms with van der Waals surface area (Å²) in [5.74, 6) is -1.93. The number of rotatable bonds is 4. The highest BCUT2D eigenvalue weighted by molar-refractivity contribution is 7.81. The van der Waals surface area contributed by atoms with Crippen LogP contribution in [-0.4, -0.2) is 55.6 Å². The van der Waals surface area contributed by atoms with Gasteiger partial charge in [0, 0.05) is 6.42 Å². The highest BCUT2D eigenvalue weighted by Gasteiger charge is 2.14. The van der Waals surface area contributed by atoms with Gasteiger partial charge in [0.1, 0.15) is 0 Å². The molecule has 0 radical (unpaired) electrons. The number of hydrogen-bond donors (Lipinski definition) is 6. The molecule has 0 spiro atoms. The highest BCUT2D eigenvalue weighted by Crippen LogP contribution is 2.09. The van der Waals surface area contributed by atoms with Gasteiger partial charge < -0.3 is 20.4 Å². The van der Waals surface area contributed by atoms with Crippen molar-refractivity contribution in [1.29, 1.82) is 0 Å². The van der Waals surface area contributed by atoms with Gasteiger partial charge in [0.2, 0.25) is 0 Å². The first-order valence-corrected chi connectivity index (χ1v) is 6.28. The molecule has 6 nitrogen and oxygen atoms in total. The first-order valence-electron chi connectivity index (χ1n) is 5.02. The molecule has 4 N–H and O–H groups in total. The van der Waals surface area contributed by atoms with Crippen LogP contribution < -0.4 is 0 Å². The summed E-state index contributed by atoms with van der Waals surface area (Å²) in [6.07, 6.45) is 0.0301. The zero-order valence-corrected chi connectivity index (χ0v) is 12.5. The van der Waals surface area contributed by atoms with Crippen LogP contribution in [0.25, 0.3) is 0 Å². The third-order valence-electron chi connectivity index (χ3n) is 1.07. The Labute approximate surface area is 118 Å². The average molecular weight is 302 g/mol. The molecule has 8 heteroatoms. The first-order chi connectivity index (χ1) is 7.96. The van der Waals surface area contributed by atoms with Crippen LogP contribution in [0.4, 0.5) is 0 Å². The molecule has 0 rings (SSSR count). The molecule has 0 amide bonds. The van der Waals surface area contributed by atoms with Crippen molar-refractivity contribution in [2.45, 2.75) is 38.9 Å². The van der Waals surface area contributed by atoms with Crippen LogP contribution in [0.2, 0.25) is 0 Å². The van der Waals surface area contributed by atoms with E-state index in [0.29, 0.717) is 6.42 Å². The quantitative estimate of drug-likeness (QED) is 0.422. The molecule has 0 aromatic rings. The van der Waals surface area contributed by atoms with Gasteiger partial charge in [0.15, 0.2) is 0 Å². The van der Waals surface area contributed by atoms with Gasteiger partial charge in [0.25, 0.3) is 0 Å². The highest BCUT2D eigenvalue weighted by atomic mass is 32.1. The van der Waals surface area contributed by atoms with Crippen LogP contribution in [0.15, 0.2) is 0 Å². The van der Waals surface area contributed by atoms with Crippen LogP contribution in [0.5, 0.6) is 0 Å². The maximum atomic E-state index is 9.29. The smallest absolute Gasteiger partial charge is 0.313 e. The predicted octanol–water partition coefficient (Wildman–Crippen LogP) is 0.530. The second-order valence-electron chi connectivity index (χ2n) is 3.97. The first kappa shape index (κ1) is 22.7. The maximum Gasteiger partial charge on any atom is 0.313 e. The molecule has 0 aliphatic carbocycles. The van der Waals surface area contributed by atoms with Gasteiger partial charge in [-0.15, -0.1) is 0 Å². The standard InChI is InChI=1S/C6H14O2.2C2H4O2S/c1-5(7)4-6(2,3)8;2*3-2(4)1-5/h5,7-8H,4H2,1-3H3;2*5H,1H2,(H,3,4). The lowest BCUT2D eigenvalue weighted by atomic mass is 10.0. The maximum absolute atomic E-state index is 9.29. The summed E-state index contributed by atoms with van der Waals surface area (Å²) in [5, 5.41) is 33.0. The lowest BCUT2D eigenvalue weighted by Crippen LogP contribution is -2.24. The van der Waals surface area contributed by atoms with Crippen molar-refractivity contribution in [3.05, 3.63) is 0 Å². The van der Waals surface area contributed by atoms with Gasteiger partial charge in [-0.1, -0.05) is 0 Å². The zero-order valence-electron chi connectivity index (χ0n) is 10.7. The molecule has 0 aliphatic heterocycles. The zero-order chi connectivity index (χ0) is 15.4. The van der Waals surface area contributed by atoms with Crippen LogP contribution in [-0.2, 0) is 9.59 Å². The van der Waals surface area contributed by atoms with Crippen molar-refractivity contribution in [2.24, 2.45) is 0 Å². The van der Waals surface area contributed by atoms with E-state index in [1.807, 2.05) is 0 Å². The van der Waals surface area contributed by atoms with E-state index in [9.17, 15) is 9.59 Å². The van der Waals surface area contributed by atoms with Crippen molar-refractivity contribution in [3.8, 4) is 0 Å². The molecule has 0 saturated carbocycles. The van der Waals surface area contributed by atoms with Gasteiger partial charge >= 0.3 is 11.9 Å². The van der Waals surface area contributed by atoms with Gasteiger partial charge in [0.05, 0.1) is 23.2 Å². The molecule has 110 valence electrons. The Hall–Kier alpha value is -0.440. The minimum atomic E-state index is -0.881. The Morgan fingerprint density at radius 2 is 1.33 bits per heavy atom. The van der Waals surface area contributed by atoms with Gasteiger partial charge in [-0.2, -0.15) is 25.3 Å². The predicted molar refractivity (Wildman–Crippen MR) is 75.6 cm³/mol. The largest absolute Gasteiger partial charge is 0.481 e. The average Bonchev–Trinajstić information content (AvgIpc) is 2.15. The molecule has 0 aromatic heterocycles. The molecule has 0 aromatic carbocycles. The second-order valence-corrected chi connectivity index (χ2v) is 4.60. The van der Waals surface area contributed by atoms with Crippen LogP contribution in [0.3, 0.4) is 0 Å². The molecule has 1 atom stereocenters. The van der Waals surface area contributed by atoms with Gasteiger partial charge in [-0.25, -0.2) is 0 Å². The fourth-order valence-electron chi connectivity index (χ4n) is 0.723. The van der Waals surface area contributed by atoms with E-state index < -0.39 is 23.6 Å². The van der Waals surface area contributed by atoms with Crippen LogP contribution in [0.1, 0.15) is 27.2 Å². The molecule has 0 saturated heterocycles. The van der Waals surface area contributed by atoms with Crippen molar-refractivity contribution < 1.29 is 30.0 Å². The number of aliphatic carboxylic acids is 2. The van der Waals surface area contributed by atoms with E-state index in [2.05, 4.69) is 25.3 Å². The number of aliphatic hydroxyl groups excluding tert-OH is 1. The molecule has 0 aliphatic rings. The van der Waals surface area contributed by atoms with E-state index in [-0.39, 0.29) is 11.5 Å². The summed E-state index contributed by atoms with van der Waals surface area (Å²) in [7, 11) is 0. The number of carbonyl (C=O) groups is 2. The number of carboxylic acids is 2. The Morgan fingerprint density at radius 1 is 1.11 bits per heavy atom. The normalized spacial score (nSPS) is 11.3. The summed E-state index contributed by atoms with van der Waals surface area (Å²) >= 11 is 6.83. The van der Waals surface area contributed by atoms with E-state index in [4.69, 9.17) is 20.4 Å². The summed E-state index contributed by atoms with van der Waals surface area (Å²) in [6.45, 7) is 5.03. The monoisotopic (exact) mass is 302 g/mol. The molecule has 0 fully saturated rings. The fraction of sp³-hybridized carbons (Fsp3) is 0.800. The molecular formula is C10H22O6S2. The molecule has 0 heterocycles. The number of thiol groups is 2. The topological polar surface area (TPSA) is 115 Å². The van der Waals surface area contributed by atoms with Gasteiger partial charge in [-0.05, 0) is 20.8 Å². The molecular weight excluding hydrogens is 280 g/mol. The summed E-state index contributed by atoms with van der Waals surface area (Å²) in [5.41, 5.74) is -0.728. The van der Waals surface area contributed by atoms with E-state index >= 15 is 0 Å². The summed E-state index contributed by atoms with van der Waals surface area (Å²) in [4.78, 5) is 18.6. The van der Waals surface area contributed by atoms with Crippen molar-refractivity contribution in [1.82, 2.24) is 0 Å². The van der Waals surface area contributed by atoms with E-state index in [1.165, 1.54) is 0 Å². The Morgan fingerprint density at radius 3 is 1.33 bits per heavy atom. The van der Waals surface area contributed by atoms with Crippen LogP contribution >= 0.6 is 25.3 Å². The lowest BCUT2D eigenvalue weighted by molar-refractivity contribution is -0.134. The van der Waals surface area contributed by atoms with Crippen molar-refractivity contribution in [2.75, 3.05) is 11.5 Å². The Bertz CT molecular complexity index is 211. The third kappa shape index (κ3) is 45.0. The third-order valence-corrected chi connectivity index (χ3v) is 1.61. The van der Waals surface area contributed by atoms with Gasteiger partial charge in [-0.3, -0.25) is 9.59 Å². The van der Waals surface area contributed by atoms with Crippen LogP contribution in [0, 0.1) is 0 Å². The lowest BCUT2D eigenvalue weighted by Gasteiger charge is -2.17. The molecule has 0 bridgehead atoms. The Kier molecular flexibility index (Phi) is 16.4. The summed E-state index contributed by atoms with van der Waals surface area (Å²) < 4.78 is 0. The second kappa shape index (κ2) is 13.0. The van der Waals surface area contributed by atoms with E-state index in [0.717, 1.165) is 0 Å². The SMILES string of the molecule is CC(O)CC(C)(C)O.O=C(O)CS.O=C(O)CS.